The molecule has 280 valence electrons. The first-order valence-corrected chi connectivity index (χ1v) is 19.1. The average Bonchev–Trinajstić information content (AvgIpc) is 3.10. The fraction of sp³-hybridized carbons (Fsp3) is 0.800. The summed E-state index contributed by atoms with van der Waals surface area (Å²) in [5, 5.41) is 3.32. The van der Waals surface area contributed by atoms with Crippen LogP contribution in [0, 0.1) is 0 Å². The predicted octanol–water partition coefficient (Wildman–Crippen LogP) is 5.20. The van der Waals surface area contributed by atoms with E-state index in [4.69, 9.17) is 47.4 Å². The van der Waals surface area contributed by atoms with Crippen molar-refractivity contribution < 1.29 is 52.2 Å². The van der Waals surface area contributed by atoms with Gasteiger partial charge in [-0.1, -0.05) is 48.8 Å². The van der Waals surface area contributed by atoms with E-state index < -0.39 is 0 Å². The third kappa shape index (κ3) is 30.9. The minimum atomic E-state index is -0.357. The first kappa shape index (κ1) is 44.9. The SMILES string of the molecule is CCCCNc1ccc(C(=O)OCCOCCOCCOCCOCCOCCOCCOCCOCCOCCCCCCI)cc1. The molecule has 0 saturated heterocycles. The summed E-state index contributed by atoms with van der Waals surface area (Å²) in [6.07, 6.45) is 7.21. The molecule has 0 aliphatic rings. The van der Waals surface area contributed by atoms with Crippen LogP contribution in [0.4, 0.5) is 5.69 Å². The summed E-state index contributed by atoms with van der Waals surface area (Å²) >= 11 is 2.42. The molecule has 48 heavy (non-hydrogen) atoms. The topological polar surface area (TPSA) is 121 Å². The number of esters is 1. The molecule has 0 amide bonds. The molecule has 13 heteroatoms. The molecule has 0 radical (unpaired) electrons. The second kappa shape index (κ2) is 37.1. The highest BCUT2D eigenvalue weighted by atomic mass is 127. The third-order valence-electron chi connectivity index (χ3n) is 6.59. The standard InChI is InChI=1S/C35H62INO11/c1-2-3-13-37-34-10-8-33(9-11-34)35(38)48-32-31-47-30-29-46-28-27-45-26-25-44-24-23-43-22-21-42-20-19-41-18-17-40-16-15-39-14-7-5-4-6-12-36/h8-11,37H,2-7,12-32H2,1H3. The molecule has 12 nitrogen and oxygen atoms in total. The van der Waals surface area contributed by atoms with Gasteiger partial charge in [0.25, 0.3) is 0 Å². The van der Waals surface area contributed by atoms with Crippen molar-refractivity contribution in [3.8, 4) is 0 Å². The maximum Gasteiger partial charge on any atom is 0.338 e. The second-order valence-electron chi connectivity index (χ2n) is 10.6. The summed E-state index contributed by atoms with van der Waals surface area (Å²) < 4.78 is 55.9. The molecule has 1 N–H and O–H groups in total. The normalized spacial score (nSPS) is 11.3. The quantitative estimate of drug-likeness (QED) is 0.0410. The largest absolute Gasteiger partial charge is 0.460 e. The van der Waals surface area contributed by atoms with E-state index in [0.29, 0.717) is 118 Å². The lowest BCUT2D eigenvalue weighted by atomic mass is 10.2. The van der Waals surface area contributed by atoms with Gasteiger partial charge in [0.1, 0.15) is 6.61 Å². The van der Waals surface area contributed by atoms with E-state index in [0.717, 1.165) is 38.1 Å². The van der Waals surface area contributed by atoms with E-state index in [-0.39, 0.29) is 12.6 Å². The van der Waals surface area contributed by atoms with Gasteiger partial charge in [-0.15, -0.1) is 0 Å². The van der Waals surface area contributed by atoms with Gasteiger partial charge in [-0.3, -0.25) is 0 Å². The first-order chi connectivity index (χ1) is 23.8. The Morgan fingerprint density at radius 1 is 0.500 bits per heavy atom. The summed E-state index contributed by atoms with van der Waals surface area (Å²) in [6, 6.07) is 7.30. The number of carbonyl (C=O) groups excluding carboxylic acids is 1. The van der Waals surface area contributed by atoms with Crippen LogP contribution in [-0.4, -0.2) is 142 Å². The maximum absolute atomic E-state index is 12.1. The lowest BCUT2D eigenvalue weighted by molar-refractivity contribution is -0.0259. The molecule has 0 bridgehead atoms. The highest BCUT2D eigenvalue weighted by Gasteiger charge is 2.07. The summed E-state index contributed by atoms with van der Waals surface area (Å²) in [4.78, 5) is 12.1. The molecule has 0 aliphatic carbocycles. The molecule has 0 aliphatic heterocycles. The van der Waals surface area contributed by atoms with E-state index in [1.807, 2.05) is 12.1 Å². The number of halogens is 1. The van der Waals surface area contributed by atoms with Crippen LogP contribution >= 0.6 is 22.6 Å². The Bertz CT molecular complexity index is 807. The van der Waals surface area contributed by atoms with Crippen molar-refractivity contribution in [2.24, 2.45) is 0 Å². The zero-order chi connectivity index (χ0) is 34.4. The van der Waals surface area contributed by atoms with Crippen molar-refractivity contribution in [2.75, 3.05) is 142 Å². The van der Waals surface area contributed by atoms with Crippen LogP contribution in [0.25, 0.3) is 0 Å². The molecule has 0 saturated carbocycles. The molecular formula is C35H62INO11. The van der Waals surface area contributed by atoms with Crippen LogP contribution in [0.3, 0.4) is 0 Å². The Kier molecular flexibility index (Phi) is 34.7. The maximum atomic E-state index is 12.1. The summed E-state index contributed by atoms with van der Waals surface area (Å²) in [7, 11) is 0. The summed E-state index contributed by atoms with van der Waals surface area (Å²) in [5.41, 5.74) is 1.52. The number of hydrogen-bond donors (Lipinski definition) is 1. The number of ether oxygens (including phenoxy) is 10. The average molecular weight is 800 g/mol. The minimum absolute atomic E-state index is 0.194. The molecule has 0 unspecified atom stereocenters. The molecule has 0 spiro atoms. The summed E-state index contributed by atoms with van der Waals surface area (Å²) in [6.45, 7) is 12.7. The summed E-state index contributed by atoms with van der Waals surface area (Å²) in [5.74, 6) is -0.357. The number of carbonyl (C=O) groups is 1. The van der Waals surface area contributed by atoms with Gasteiger partial charge < -0.3 is 52.7 Å². The molecule has 1 aromatic rings. The number of benzene rings is 1. The van der Waals surface area contributed by atoms with Crippen LogP contribution < -0.4 is 5.32 Å². The monoisotopic (exact) mass is 799 g/mol. The highest BCUT2D eigenvalue weighted by Crippen LogP contribution is 2.11. The number of nitrogens with one attached hydrogen (secondary N) is 1. The molecule has 1 aromatic carbocycles. The minimum Gasteiger partial charge on any atom is -0.460 e. The lowest BCUT2D eigenvalue weighted by Gasteiger charge is -2.09. The molecule has 0 fully saturated rings. The van der Waals surface area contributed by atoms with Crippen LogP contribution in [0.5, 0.6) is 0 Å². The van der Waals surface area contributed by atoms with Gasteiger partial charge in [0.2, 0.25) is 0 Å². The van der Waals surface area contributed by atoms with Gasteiger partial charge in [0, 0.05) is 18.8 Å². The molecular weight excluding hydrogens is 737 g/mol. The third-order valence-corrected chi connectivity index (χ3v) is 7.35. The van der Waals surface area contributed by atoms with Crippen molar-refractivity contribution in [3.05, 3.63) is 29.8 Å². The van der Waals surface area contributed by atoms with Crippen molar-refractivity contribution >= 4 is 34.2 Å². The van der Waals surface area contributed by atoms with Gasteiger partial charge in [0.15, 0.2) is 0 Å². The van der Waals surface area contributed by atoms with E-state index >= 15 is 0 Å². The Balaban J connectivity index is 1.70. The van der Waals surface area contributed by atoms with Crippen LogP contribution in [0.15, 0.2) is 24.3 Å². The van der Waals surface area contributed by atoms with Crippen molar-refractivity contribution in [1.29, 1.82) is 0 Å². The number of unbranched alkanes of at least 4 members (excludes halogenated alkanes) is 4. The van der Waals surface area contributed by atoms with Gasteiger partial charge in [-0.05, 0) is 48.0 Å². The molecule has 0 heterocycles. The second-order valence-corrected chi connectivity index (χ2v) is 11.7. The first-order valence-electron chi connectivity index (χ1n) is 17.5. The van der Waals surface area contributed by atoms with Crippen molar-refractivity contribution in [3.63, 3.8) is 0 Å². The van der Waals surface area contributed by atoms with Gasteiger partial charge >= 0.3 is 5.97 Å². The number of rotatable bonds is 38. The fourth-order valence-corrected chi connectivity index (χ4v) is 4.46. The van der Waals surface area contributed by atoms with Gasteiger partial charge in [-0.25, -0.2) is 4.79 Å². The Morgan fingerprint density at radius 3 is 1.27 bits per heavy atom. The van der Waals surface area contributed by atoms with Crippen LogP contribution in [-0.2, 0) is 47.4 Å². The van der Waals surface area contributed by atoms with Crippen LogP contribution in [0.2, 0.25) is 0 Å². The number of alkyl halides is 1. The highest BCUT2D eigenvalue weighted by molar-refractivity contribution is 14.1. The van der Waals surface area contributed by atoms with E-state index in [2.05, 4.69) is 34.8 Å². The zero-order valence-electron chi connectivity index (χ0n) is 29.3. The fourth-order valence-electron chi connectivity index (χ4n) is 3.92. The van der Waals surface area contributed by atoms with Crippen molar-refractivity contribution in [1.82, 2.24) is 0 Å². The molecule has 1 rings (SSSR count). The zero-order valence-corrected chi connectivity index (χ0v) is 31.4. The van der Waals surface area contributed by atoms with E-state index in [9.17, 15) is 4.79 Å². The Morgan fingerprint density at radius 2 is 0.875 bits per heavy atom. The smallest absolute Gasteiger partial charge is 0.338 e. The molecule has 0 atom stereocenters. The number of anilines is 1. The van der Waals surface area contributed by atoms with Crippen LogP contribution in [0.1, 0.15) is 55.8 Å². The van der Waals surface area contributed by atoms with E-state index in [1.165, 1.54) is 23.7 Å². The lowest BCUT2D eigenvalue weighted by Crippen LogP contribution is -2.15. The number of hydrogen-bond acceptors (Lipinski definition) is 12. The van der Waals surface area contributed by atoms with E-state index in [1.54, 1.807) is 12.1 Å². The van der Waals surface area contributed by atoms with Gasteiger partial charge in [-0.2, -0.15) is 0 Å². The Hall–Kier alpha value is -1.14. The van der Waals surface area contributed by atoms with Gasteiger partial charge in [0.05, 0.1) is 118 Å². The van der Waals surface area contributed by atoms with Crippen molar-refractivity contribution in [2.45, 2.75) is 45.4 Å². The predicted molar refractivity (Wildman–Crippen MR) is 195 cm³/mol. The Labute approximate surface area is 302 Å². The molecule has 0 aromatic heterocycles.